The lowest BCUT2D eigenvalue weighted by atomic mass is 9.99. The molecular weight excluding hydrogens is 620 g/mol. The first-order valence-electron chi connectivity index (χ1n) is 16.4. The molecule has 4 aromatic rings. The van der Waals surface area contributed by atoms with E-state index in [9.17, 15) is 18.8 Å². The predicted octanol–water partition coefficient (Wildman–Crippen LogP) is 4.68. The van der Waals surface area contributed by atoms with E-state index in [4.69, 9.17) is 4.74 Å². The molecule has 1 N–H and O–H groups in total. The lowest BCUT2D eigenvalue weighted by Crippen LogP contribution is -2.45. The number of likely N-dealkylation sites (tertiary alicyclic amines) is 1. The summed E-state index contributed by atoms with van der Waals surface area (Å²) in [6.45, 7) is 3.67. The number of nitrogens with zero attached hydrogens (tertiary/aromatic N) is 6. The van der Waals surface area contributed by atoms with E-state index >= 15 is 4.39 Å². The highest BCUT2D eigenvalue weighted by molar-refractivity contribution is 6.03. The molecule has 2 aromatic heterocycles. The van der Waals surface area contributed by atoms with E-state index in [1.54, 1.807) is 0 Å². The highest BCUT2D eigenvalue weighted by atomic mass is 19.1. The Kier molecular flexibility index (Phi) is 8.88. The van der Waals surface area contributed by atoms with Crippen LogP contribution in [0.25, 0.3) is 5.69 Å². The van der Waals surface area contributed by atoms with Gasteiger partial charge in [-0.15, -0.1) is 0 Å². The normalized spacial score (nSPS) is 17.7. The zero-order valence-electron chi connectivity index (χ0n) is 26.7. The van der Waals surface area contributed by atoms with Gasteiger partial charge in [0, 0.05) is 48.7 Å². The van der Waals surface area contributed by atoms with Crippen LogP contribution in [0.4, 0.5) is 14.5 Å². The van der Waals surface area contributed by atoms with E-state index < -0.39 is 28.8 Å². The number of carbonyl (C=O) groups is 1. The molecule has 3 aliphatic rings. The fourth-order valence-corrected chi connectivity index (χ4v) is 7.06. The van der Waals surface area contributed by atoms with Crippen molar-refractivity contribution in [2.24, 2.45) is 0 Å². The monoisotopic (exact) mass is 657 g/mol. The average Bonchev–Trinajstić information content (AvgIpc) is 3.62. The summed E-state index contributed by atoms with van der Waals surface area (Å²) in [6, 6.07) is 9.20. The minimum atomic E-state index is -0.860. The predicted molar refractivity (Wildman–Crippen MR) is 175 cm³/mol. The van der Waals surface area contributed by atoms with E-state index in [2.05, 4.69) is 32.1 Å². The lowest BCUT2D eigenvalue weighted by molar-refractivity contribution is 0.102. The van der Waals surface area contributed by atoms with Crippen LogP contribution in [-0.4, -0.2) is 67.5 Å². The van der Waals surface area contributed by atoms with Gasteiger partial charge in [0.15, 0.2) is 11.6 Å². The third-order valence-electron chi connectivity index (χ3n) is 9.76. The minimum absolute atomic E-state index is 0.0694. The number of rotatable bonds is 7. The Morgan fingerprint density at radius 3 is 2.42 bits per heavy atom. The SMILES string of the molecule is CN1CCC(N2CCc3c(ncnc3Oc3ccc(NC(=O)c4cn(C5CCCC5)c(=O)n(-c5ccc(F)cc5)c4=O)cc3F)C2)CC1. The van der Waals surface area contributed by atoms with Crippen LogP contribution in [0.5, 0.6) is 11.6 Å². The third kappa shape index (κ3) is 6.39. The molecule has 0 unspecified atom stereocenters. The van der Waals surface area contributed by atoms with Gasteiger partial charge in [-0.3, -0.25) is 19.1 Å². The summed E-state index contributed by atoms with van der Waals surface area (Å²) in [6.07, 6.45) is 8.90. The number of nitrogens with one attached hydrogen (secondary N) is 1. The van der Waals surface area contributed by atoms with Crippen LogP contribution in [-0.2, 0) is 13.0 Å². The maximum absolute atomic E-state index is 15.4. The van der Waals surface area contributed by atoms with Crippen molar-refractivity contribution in [3.05, 3.63) is 104 Å². The largest absolute Gasteiger partial charge is 0.436 e. The topological polar surface area (TPSA) is 115 Å². The zero-order valence-corrected chi connectivity index (χ0v) is 26.7. The number of piperidine rings is 1. The maximum atomic E-state index is 15.4. The van der Waals surface area contributed by atoms with Gasteiger partial charge < -0.3 is 15.0 Å². The number of aromatic nitrogens is 4. The van der Waals surface area contributed by atoms with Crippen LogP contribution in [0.2, 0.25) is 0 Å². The highest BCUT2D eigenvalue weighted by Crippen LogP contribution is 2.33. The zero-order chi connectivity index (χ0) is 33.4. The van der Waals surface area contributed by atoms with E-state index in [-0.39, 0.29) is 28.7 Å². The number of carbonyl (C=O) groups excluding carboxylic acids is 1. The quantitative estimate of drug-likeness (QED) is 0.305. The Labute approximate surface area is 275 Å². The van der Waals surface area contributed by atoms with E-state index in [0.717, 1.165) is 92.2 Å². The summed E-state index contributed by atoms with van der Waals surface area (Å²) in [7, 11) is 2.14. The number of fused-ring (bicyclic) bond motifs is 1. The molecule has 0 radical (unpaired) electrons. The first-order valence-corrected chi connectivity index (χ1v) is 16.4. The van der Waals surface area contributed by atoms with Crippen LogP contribution in [0.1, 0.15) is 66.2 Å². The molecule has 1 aliphatic carbocycles. The van der Waals surface area contributed by atoms with Crippen molar-refractivity contribution in [3.63, 3.8) is 0 Å². The van der Waals surface area contributed by atoms with Gasteiger partial charge >= 0.3 is 5.69 Å². The first-order chi connectivity index (χ1) is 23.2. The molecule has 2 aromatic carbocycles. The summed E-state index contributed by atoms with van der Waals surface area (Å²) < 4.78 is 37.3. The van der Waals surface area contributed by atoms with Crippen molar-refractivity contribution in [1.29, 1.82) is 0 Å². The number of amides is 1. The first kappa shape index (κ1) is 31.8. The fraction of sp³-hybridized carbons (Fsp3) is 0.400. The number of hydrogen-bond acceptors (Lipinski definition) is 8. The van der Waals surface area contributed by atoms with Gasteiger partial charge in [-0.25, -0.2) is 28.1 Å². The average molecular weight is 658 g/mol. The maximum Gasteiger partial charge on any atom is 0.335 e. The molecule has 13 heteroatoms. The van der Waals surface area contributed by atoms with Crippen molar-refractivity contribution >= 4 is 11.6 Å². The summed E-state index contributed by atoms with van der Waals surface area (Å²) in [5.74, 6) is -1.84. The molecular formula is C35H37F2N7O4. The molecule has 1 amide bonds. The molecule has 2 fully saturated rings. The van der Waals surface area contributed by atoms with Crippen LogP contribution >= 0.6 is 0 Å². The summed E-state index contributed by atoms with van der Waals surface area (Å²) in [5, 5.41) is 2.59. The summed E-state index contributed by atoms with van der Waals surface area (Å²) in [4.78, 5) is 54.0. The van der Waals surface area contributed by atoms with Crippen LogP contribution in [0, 0.1) is 11.6 Å². The van der Waals surface area contributed by atoms with Crippen molar-refractivity contribution < 1.29 is 18.3 Å². The van der Waals surface area contributed by atoms with Gasteiger partial charge in [0.1, 0.15) is 17.7 Å². The second-order valence-electron chi connectivity index (χ2n) is 12.8. The van der Waals surface area contributed by atoms with Gasteiger partial charge in [0.2, 0.25) is 5.88 Å². The molecule has 2 aliphatic heterocycles. The third-order valence-corrected chi connectivity index (χ3v) is 9.76. The van der Waals surface area contributed by atoms with Crippen LogP contribution in [0.3, 0.4) is 0 Å². The fourth-order valence-electron chi connectivity index (χ4n) is 7.06. The Morgan fingerprint density at radius 1 is 0.938 bits per heavy atom. The Morgan fingerprint density at radius 2 is 1.69 bits per heavy atom. The smallest absolute Gasteiger partial charge is 0.335 e. The molecule has 250 valence electrons. The Balaban J connectivity index is 1.10. The van der Waals surface area contributed by atoms with Gasteiger partial charge in [0.05, 0.1) is 11.4 Å². The van der Waals surface area contributed by atoms with Gasteiger partial charge in [-0.2, -0.15) is 0 Å². The molecule has 1 saturated carbocycles. The van der Waals surface area contributed by atoms with Crippen molar-refractivity contribution in [2.45, 2.75) is 63.6 Å². The van der Waals surface area contributed by atoms with Gasteiger partial charge in [-0.05, 0) is 88.6 Å². The standard InChI is InChI=1S/C35H37F2N7O4/c1-41-15-12-24(13-16-41)42-17-14-27-30(20-42)38-21-39-33(27)48-31-11-8-23(18-29(31)37)40-32(45)28-19-43(25-4-2-3-5-25)35(47)44(34(28)46)26-9-6-22(36)7-10-26/h6-11,18-19,21,24-25H,2-5,12-17,20H2,1H3,(H,40,45). The van der Waals surface area contributed by atoms with E-state index in [1.807, 2.05) is 0 Å². The minimum Gasteiger partial charge on any atom is -0.436 e. The number of anilines is 1. The van der Waals surface area contributed by atoms with E-state index in [0.29, 0.717) is 24.9 Å². The van der Waals surface area contributed by atoms with Gasteiger partial charge in [0.25, 0.3) is 11.5 Å². The Bertz CT molecular complexity index is 1950. The second-order valence-corrected chi connectivity index (χ2v) is 12.8. The molecule has 7 rings (SSSR count). The van der Waals surface area contributed by atoms with Crippen LogP contribution < -0.4 is 21.3 Å². The van der Waals surface area contributed by atoms with Gasteiger partial charge in [-0.1, -0.05) is 12.8 Å². The molecule has 0 spiro atoms. The van der Waals surface area contributed by atoms with Crippen LogP contribution in [0.15, 0.2) is 64.6 Å². The number of halogens is 2. The summed E-state index contributed by atoms with van der Waals surface area (Å²) >= 11 is 0. The molecule has 48 heavy (non-hydrogen) atoms. The molecule has 0 bridgehead atoms. The molecule has 0 atom stereocenters. The second kappa shape index (κ2) is 13.4. The Hall–Kier alpha value is -4.75. The number of benzene rings is 2. The highest BCUT2D eigenvalue weighted by Gasteiger charge is 2.29. The van der Waals surface area contributed by atoms with Crippen molar-refractivity contribution in [2.75, 3.05) is 32.0 Å². The number of hydrogen-bond donors (Lipinski definition) is 1. The molecule has 11 nitrogen and oxygen atoms in total. The lowest BCUT2D eigenvalue weighted by Gasteiger charge is -2.39. The molecule has 1 saturated heterocycles. The van der Waals surface area contributed by atoms with E-state index in [1.165, 1.54) is 41.4 Å². The summed E-state index contributed by atoms with van der Waals surface area (Å²) in [5.41, 5.74) is 0.198. The number of ether oxygens (including phenoxy) is 1. The van der Waals surface area contributed by atoms with Crippen molar-refractivity contribution in [1.82, 2.24) is 28.9 Å². The van der Waals surface area contributed by atoms with Crippen molar-refractivity contribution in [3.8, 4) is 17.3 Å². The molecule has 4 heterocycles.